The number of carbonyl (C=O) groups is 1. The van der Waals surface area contributed by atoms with Crippen LogP contribution in [0.2, 0.25) is 0 Å². The van der Waals surface area contributed by atoms with E-state index in [2.05, 4.69) is 10.4 Å². The minimum Gasteiger partial charge on any atom is -0.399 e. The van der Waals surface area contributed by atoms with Gasteiger partial charge in [0, 0.05) is 37.1 Å². The first-order valence-electron chi connectivity index (χ1n) is 5.22. The molecule has 0 aliphatic heterocycles. The molecule has 1 aromatic carbocycles. The monoisotopic (exact) mass is 230 g/mol. The molecule has 0 radical (unpaired) electrons. The van der Waals surface area contributed by atoms with Gasteiger partial charge in [0.05, 0.1) is 6.20 Å². The first kappa shape index (κ1) is 11.2. The van der Waals surface area contributed by atoms with Gasteiger partial charge in [0.15, 0.2) is 0 Å². The molecule has 0 saturated carbocycles. The fourth-order valence-corrected chi connectivity index (χ4v) is 1.66. The number of aryl methyl sites for hydroxylation is 1. The van der Waals surface area contributed by atoms with Crippen LogP contribution in [0, 0.1) is 0 Å². The lowest BCUT2D eigenvalue weighted by Crippen LogP contribution is -2.06. The van der Waals surface area contributed by atoms with Crippen molar-refractivity contribution in [2.75, 3.05) is 11.1 Å². The Bertz CT molecular complexity index is 559. The number of nitrogens with zero attached hydrogens (tertiary/aromatic N) is 2. The van der Waals surface area contributed by atoms with Gasteiger partial charge in [-0.2, -0.15) is 5.10 Å². The van der Waals surface area contributed by atoms with Crippen molar-refractivity contribution in [3.05, 3.63) is 30.6 Å². The summed E-state index contributed by atoms with van der Waals surface area (Å²) in [6.45, 7) is 1.47. The van der Waals surface area contributed by atoms with E-state index in [-0.39, 0.29) is 5.91 Å². The van der Waals surface area contributed by atoms with Gasteiger partial charge in [-0.3, -0.25) is 9.48 Å². The summed E-state index contributed by atoms with van der Waals surface area (Å²) < 4.78 is 1.72. The van der Waals surface area contributed by atoms with Crippen molar-refractivity contribution in [2.24, 2.45) is 7.05 Å². The van der Waals surface area contributed by atoms with Crippen molar-refractivity contribution < 1.29 is 4.79 Å². The number of hydrogen-bond acceptors (Lipinski definition) is 3. The molecule has 0 spiro atoms. The van der Waals surface area contributed by atoms with Crippen molar-refractivity contribution in [2.45, 2.75) is 6.92 Å². The fraction of sp³-hybridized carbons (Fsp3) is 0.167. The highest BCUT2D eigenvalue weighted by Gasteiger charge is 2.04. The second kappa shape index (κ2) is 4.29. The molecule has 1 heterocycles. The molecule has 2 rings (SSSR count). The number of benzene rings is 1. The molecule has 2 aromatic rings. The average Bonchev–Trinajstić information content (AvgIpc) is 2.62. The highest BCUT2D eigenvalue weighted by molar-refractivity contribution is 5.90. The number of nitrogens with two attached hydrogens (primary N) is 1. The van der Waals surface area contributed by atoms with Gasteiger partial charge >= 0.3 is 0 Å². The molecular weight excluding hydrogens is 216 g/mol. The summed E-state index contributed by atoms with van der Waals surface area (Å²) in [6.07, 6.45) is 3.65. The van der Waals surface area contributed by atoms with Crippen LogP contribution in [-0.4, -0.2) is 15.7 Å². The minimum atomic E-state index is -0.118. The van der Waals surface area contributed by atoms with E-state index in [9.17, 15) is 4.79 Å². The van der Waals surface area contributed by atoms with Crippen molar-refractivity contribution in [1.82, 2.24) is 9.78 Å². The van der Waals surface area contributed by atoms with Crippen LogP contribution in [0.25, 0.3) is 11.1 Å². The molecule has 0 fully saturated rings. The number of anilines is 2. The molecule has 1 amide bonds. The summed E-state index contributed by atoms with van der Waals surface area (Å²) in [5, 5.41) is 6.82. The van der Waals surface area contributed by atoms with Crippen LogP contribution in [0.3, 0.4) is 0 Å². The Morgan fingerprint density at radius 1 is 1.35 bits per heavy atom. The Hall–Kier alpha value is -2.30. The zero-order chi connectivity index (χ0) is 12.4. The number of rotatable bonds is 2. The Morgan fingerprint density at radius 3 is 2.71 bits per heavy atom. The lowest BCUT2D eigenvalue weighted by atomic mass is 10.1. The minimum absolute atomic E-state index is 0.118. The Balaban J connectivity index is 2.41. The fourth-order valence-electron chi connectivity index (χ4n) is 1.66. The number of carbonyl (C=O) groups excluding carboxylic acids is 1. The predicted octanol–water partition coefficient (Wildman–Crippen LogP) is 1.63. The van der Waals surface area contributed by atoms with E-state index in [0.29, 0.717) is 11.4 Å². The first-order valence-corrected chi connectivity index (χ1v) is 5.22. The highest BCUT2D eigenvalue weighted by atomic mass is 16.1. The van der Waals surface area contributed by atoms with Crippen LogP contribution >= 0.6 is 0 Å². The number of hydrogen-bond donors (Lipinski definition) is 2. The summed E-state index contributed by atoms with van der Waals surface area (Å²) in [5.41, 5.74) is 8.99. The van der Waals surface area contributed by atoms with E-state index >= 15 is 0 Å². The van der Waals surface area contributed by atoms with Gasteiger partial charge in [-0.05, 0) is 23.8 Å². The van der Waals surface area contributed by atoms with Gasteiger partial charge in [0.1, 0.15) is 0 Å². The normalized spacial score (nSPS) is 10.2. The molecule has 88 valence electrons. The van der Waals surface area contributed by atoms with E-state index in [4.69, 9.17) is 5.73 Å². The zero-order valence-electron chi connectivity index (χ0n) is 9.77. The molecule has 0 saturated heterocycles. The summed E-state index contributed by atoms with van der Waals surface area (Å²) in [5.74, 6) is -0.118. The molecule has 3 N–H and O–H groups in total. The summed E-state index contributed by atoms with van der Waals surface area (Å²) >= 11 is 0. The maximum absolute atomic E-state index is 11.0. The van der Waals surface area contributed by atoms with Crippen LogP contribution in [0.1, 0.15) is 6.92 Å². The quantitative estimate of drug-likeness (QED) is 0.770. The lowest BCUT2D eigenvalue weighted by molar-refractivity contribution is -0.114. The topological polar surface area (TPSA) is 72.9 Å². The molecule has 0 aliphatic rings. The summed E-state index contributed by atoms with van der Waals surface area (Å²) in [7, 11) is 1.85. The third-order valence-corrected chi connectivity index (χ3v) is 2.31. The van der Waals surface area contributed by atoms with Crippen molar-refractivity contribution in [3.63, 3.8) is 0 Å². The van der Waals surface area contributed by atoms with Crippen molar-refractivity contribution in [3.8, 4) is 11.1 Å². The van der Waals surface area contributed by atoms with Gasteiger partial charge in [-0.25, -0.2) is 0 Å². The Kier molecular flexibility index (Phi) is 2.82. The molecule has 5 heteroatoms. The molecule has 0 bridgehead atoms. The van der Waals surface area contributed by atoms with E-state index in [1.165, 1.54) is 6.92 Å². The van der Waals surface area contributed by atoms with Crippen molar-refractivity contribution >= 4 is 17.3 Å². The van der Waals surface area contributed by atoms with Gasteiger partial charge in [0.2, 0.25) is 5.91 Å². The van der Waals surface area contributed by atoms with E-state index in [1.807, 2.05) is 25.4 Å². The average molecular weight is 230 g/mol. The maximum atomic E-state index is 11.0. The van der Waals surface area contributed by atoms with E-state index in [1.54, 1.807) is 16.9 Å². The molecule has 1 aromatic heterocycles. The van der Waals surface area contributed by atoms with Crippen LogP contribution < -0.4 is 11.1 Å². The van der Waals surface area contributed by atoms with E-state index in [0.717, 1.165) is 11.1 Å². The van der Waals surface area contributed by atoms with E-state index < -0.39 is 0 Å². The Labute approximate surface area is 99.2 Å². The molecule has 5 nitrogen and oxygen atoms in total. The molecule has 0 unspecified atom stereocenters. The summed E-state index contributed by atoms with van der Waals surface area (Å²) in [4.78, 5) is 11.0. The van der Waals surface area contributed by atoms with Gasteiger partial charge in [0.25, 0.3) is 0 Å². The van der Waals surface area contributed by atoms with Crippen LogP contribution in [-0.2, 0) is 11.8 Å². The number of nitrogens with one attached hydrogen (secondary N) is 1. The molecule has 0 atom stereocenters. The predicted molar refractivity (Wildman–Crippen MR) is 67.4 cm³/mol. The SMILES string of the molecule is CC(=O)Nc1cc(N)cc(-c2cnn(C)c2)c1. The third kappa shape index (κ3) is 2.63. The standard InChI is InChI=1S/C12H14N4O/c1-8(17)15-12-4-9(3-11(13)5-12)10-6-14-16(2)7-10/h3-7H,13H2,1-2H3,(H,15,17). The number of nitrogen functional groups attached to an aromatic ring is 1. The molecular formula is C12H14N4O. The largest absolute Gasteiger partial charge is 0.399 e. The van der Waals surface area contributed by atoms with Crippen LogP contribution in [0.5, 0.6) is 0 Å². The third-order valence-electron chi connectivity index (χ3n) is 2.31. The van der Waals surface area contributed by atoms with Crippen molar-refractivity contribution in [1.29, 1.82) is 0 Å². The number of aromatic nitrogens is 2. The van der Waals surface area contributed by atoms with Crippen LogP contribution in [0.4, 0.5) is 11.4 Å². The Morgan fingerprint density at radius 2 is 2.12 bits per heavy atom. The number of amides is 1. The van der Waals surface area contributed by atoms with Gasteiger partial charge in [-0.15, -0.1) is 0 Å². The lowest BCUT2D eigenvalue weighted by Gasteiger charge is -2.06. The smallest absolute Gasteiger partial charge is 0.221 e. The van der Waals surface area contributed by atoms with Gasteiger partial charge in [-0.1, -0.05) is 0 Å². The summed E-state index contributed by atoms with van der Waals surface area (Å²) in [6, 6.07) is 5.44. The van der Waals surface area contributed by atoms with Gasteiger partial charge < -0.3 is 11.1 Å². The molecule has 17 heavy (non-hydrogen) atoms. The molecule has 0 aliphatic carbocycles. The second-order valence-corrected chi connectivity index (χ2v) is 3.93. The van der Waals surface area contributed by atoms with Crippen LogP contribution in [0.15, 0.2) is 30.6 Å². The first-order chi connectivity index (χ1) is 8.04. The highest BCUT2D eigenvalue weighted by Crippen LogP contribution is 2.25. The zero-order valence-corrected chi connectivity index (χ0v) is 9.77. The maximum Gasteiger partial charge on any atom is 0.221 e. The second-order valence-electron chi connectivity index (χ2n) is 3.93.